The summed E-state index contributed by atoms with van der Waals surface area (Å²) >= 11 is 2.01. The van der Waals surface area contributed by atoms with Gasteiger partial charge in [-0.05, 0) is 32.4 Å². The quantitative estimate of drug-likeness (QED) is 0.737. The second-order valence-electron chi connectivity index (χ2n) is 3.89. The first-order chi connectivity index (χ1) is 6.26. The first-order valence-corrected chi connectivity index (χ1v) is 6.32. The Kier molecular flexibility index (Phi) is 5.14. The Hall–Kier alpha value is 0.270. The fourth-order valence-electron chi connectivity index (χ4n) is 2.01. The number of hydrogen-bond donors (Lipinski definition) is 1. The summed E-state index contributed by atoms with van der Waals surface area (Å²) in [6.45, 7) is 3.01. The van der Waals surface area contributed by atoms with Crippen LogP contribution in [-0.2, 0) is 4.74 Å². The molecule has 0 amide bonds. The Bertz CT molecular complexity index is 143. The number of nitrogens with one attached hydrogen (secondary N) is 1. The molecule has 1 aliphatic carbocycles. The van der Waals surface area contributed by atoms with Gasteiger partial charge in [0.25, 0.3) is 0 Å². The average molecular weight is 203 g/mol. The van der Waals surface area contributed by atoms with Gasteiger partial charge >= 0.3 is 0 Å². The maximum Gasteiger partial charge on any atom is 0.0613 e. The number of ether oxygens (including phenoxy) is 1. The van der Waals surface area contributed by atoms with Crippen LogP contribution in [-0.4, -0.2) is 37.3 Å². The third kappa shape index (κ3) is 3.88. The molecule has 0 bridgehead atoms. The van der Waals surface area contributed by atoms with Crippen LogP contribution in [0.4, 0.5) is 0 Å². The molecule has 1 saturated carbocycles. The molecule has 0 saturated heterocycles. The predicted molar refractivity (Wildman–Crippen MR) is 59.4 cm³/mol. The van der Waals surface area contributed by atoms with Crippen molar-refractivity contribution >= 4 is 11.8 Å². The van der Waals surface area contributed by atoms with E-state index in [1.54, 1.807) is 7.11 Å². The summed E-state index contributed by atoms with van der Waals surface area (Å²) in [5.41, 5.74) is 0. The molecule has 1 aliphatic rings. The molecule has 0 aliphatic heterocycles. The Balaban J connectivity index is 2.16. The molecule has 1 rings (SSSR count). The van der Waals surface area contributed by atoms with Gasteiger partial charge in [-0.15, -0.1) is 0 Å². The molecule has 0 aromatic heterocycles. The Morgan fingerprint density at radius 1 is 1.54 bits per heavy atom. The molecule has 13 heavy (non-hydrogen) atoms. The fourth-order valence-corrected chi connectivity index (χ4v) is 2.80. The first kappa shape index (κ1) is 11.3. The summed E-state index contributed by atoms with van der Waals surface area (Å²) in [4.78, 5) is 0. The lowest BCUT2D eigenvalue weighted by molar-refractivity contribution is 0.167. The zero-order valence-electron chi connectivity index (χ0n) is 8.88. The van der Waals surface area contributed by atoms with E-state index in [1.165, 1.54) is 19.3 Å². The van der Waals surface area contributed by atoms with Gasteiger partial charge in [0.1, 0.15) is 0 Å². The van der Waals surface area contributed by atoms with E-state index >= 15 is 0 Å². The standard InChI is InChI=1S/C10H21NOS/c1-8(7-12-2)11-9-4-5-10(6-9)13-3/h8-11H,4-7H2,1-3H3. The third-order valence-corrected chi connectivity index (χ3v) is 3.75. The van der Waals surface area contributed by atoms with Gasteiger partial charge in [-0.3, -0.25) is 0 Å². The fraction of sp³-hybridized carbons (Fsp3) is 1.00. The second-order valence-corrected chi connectivity index (χ2v) is 5.03. The van der Waals surface area contributed by atoms with Gasteiger partial charge in [-0.2, -0.15) is 11.8 Å². The maximum absolute atomic E-state index is 5.10. The Labute approximate surface area is 85.8 Å². The zero-order chi connectivity index (χ0) is 9.68. The van der Waals surface area contributed by atoms with Gasteiger partial charge in [-0.1, -0.05) is 0 Å². The van der Waals surface area contributed by atoms with Crippen molar-refractivity contribution in [3.8, 4) is 0 Å². The van der Waals surface area contributed by atoms with E-state index in [0.717, 1.165) is 17.9 Å². The molecule has 3 atom stereocenters. The van der Waals surface area contributed by atoms with Gasteiger partial charge < -0.3 is 10.1 Å². The van der Waals surface area contributed by atoms with Crippen LogP contribution in [0.3, 0.4) is 0 Å². The molecule has 0 heterocycles. The minimum Gasteiger partial charge on any atom is -0.383 e. The lowest BCUT2D eigenvalue weighted by Gasteiger charge is -2.18. The normalized spacial score (nSPS) is 30.7. The van der Waals surface area contributed by atoms with Crippen LogP contribution in [0.5, 0.6) is 0 Å². The predicted octanol–water partition coefficient (Wildman–Crippen LogP) is 1.89. The largest absolute Gasteiger partial charge is 0.383 e. The molecule has 1 fully saturated rings. The molecule has 0 radical (unpaired) electrons. The number of thioether (sulfide) groups is 1. The van der Waals surface area contributed by atoms with E-state index in [1.807, 2.05) is 11.8 Å². The Morgan fingerprint density at radius 3 is 2.85 bits per heavy atom. The maximum atomic E-state index is 5.10. The monoisotopic (exact) mass is 203 g/mol. The van der Waals surface area contributed by atoms with Gasteiger partial charge in [0.05, 0.1) is 6.61 Å². The molecule has 0 aromatic carbocycles. The van der Waals surface area contributed by atoms with Gasteiger partial charge in [0.15, 0.2) is 0 Å². The van der Waals surface area contributed by atoms with E-state index in [9.17, 15) is 0 Å². The van der Waals surface area contributed by atoms with Crippen molar-refractivity contribution in [2.45, 2.75) is 43.5 Å². The number of rotatable bonds is 5. The third-order valence-electron chi connectivity index (χ3n) is 2.65. The molecule has 78 valence electrons. The summed E-state index contributed by atoms with van der Waals surface area (Å²) in [6.07, 6.45) is 6.25. The number of methoxy groups -OCH3 is 1. The van der Waals surface area contributed by atoms with Gasteiger partial charge in [0.2, 0.25) is 0 Å². The van der Waals surface area contributed by atoms with Crippen molar-refractivity contribution in [3.63, 3.8) is 0 Å². The van der Waals surface area contributed by atoms with Crippen LogP contribution in [0.25, 0.3) is 0 Å². The topological polar surface area (TPSA) is 21.3 Å². The van der Waals surface area contributed by atoms with Crippen LogP contribution < -0.4 is 5.32 Å². The van der Waals surface area contributed by atoms with Gasteiger partial charge in [0, 0.05) is 24.4 Å². The van der Waals surface area contributed by atoms with Crippen LogP contribution in [0, 0.1) is 0 Å². The highest BCUT2D eigenvalue weighted by Crippen LogP contribution is 2.28. The molecule has 1 N–H and O–H groups in total. The highest BCUT2D eigenvalue weighted by atomic mass is 32.2. The van der Waals surface area contributed by atoms with Crippen molar-refractivity contribution in [1.82, 2.24) is 5.32 Å². The first-order valence-electron chi connectivity index (χ1n) is 5.04. The molecular formula is C10H21NOS. The lowest BCUT2D eigenvalue weighted by atomic mass is 10.2. The van der Waals surface area contributed by atoms with Gasteiger partial charge in [-0.25, -0.2) is 0 Å². The smallest absolute Gasteiger partial charge is 0.0613 e. The minimum atomic E-state index is 0.496. The molecule has 2 nitrogen and oxygen atoms in total. The lowest BCUT2D eigenvalue weighted by Crippen LogP contribution is -2.37. The van der Waals surface area contributed by atoms with Crippen molar-refractivity contribution < 1.29 is 4.74 Å². The molecule has 3 unspecified atom stereocenters. The summed E-state index contributed by atoms with van der Waals surface area (Å²) in [5, 5.41) is 4.49. The zero-order valence-corrected chi connectivity index (χ0v) is 9.69. The summed E-state index contributed by atoms with van der Waals surface area (Å²) in [7, 11) is 1.76. The van der Waals surface area contributed by atoms with Crippen LogP contribution in [0.1, 0.15) is 26.2 Å². The van der Waals surface area contributed by atoms with E-state index in [0.29, 0.717) is 6.04 Å². The van der Waals surface area contributed by atoms with Crippen LogP contribution in [0.2, 0.25) is 0 Å². The minimum absolute atomic E-state index is 0.496. The van der Waals surface area contributed by atoms with Crippen molar-refractivity contribution in [1.29, 1.82) is 0 Å². The van der Waals surface area contributed by atoms with Crippen molar-refractivity contribution in [2.24, 2.45) is 0 Å². The highest BCUT2D eigenvalue weighted by Gasteiger charge is 2.24. The summed E-state index contributed by atoms with van der Waals surface area (Å²) in [5.74, 6) is 0. The highest BCUT2D eigenvalue weighted by molar-refractivity contribution is 7.99. The van der Waals surface area contributed by atoms with Crippen LogP contribution in [0.15, 0.2) is 0 Å². The van der Waals surface area contributed by atoms with E-state index in [2.05, 4.69) is 18.5 Å². The SMILES string of the molecule is COCC(C)NC1CCC(SC)C1. The number of hydrogen-bond acceptors (Lipinski definition) is 3. The molecule has 0 spiro atoms. The van der Waals surface area contributed by atoms with Crippen LogP contribution >= 0.6 is 11.8 Å². The van der Waals surface area contributed by atoms with E-state index < -0.39 is 0 Å². The second kappa shape index (κ2) is 5.89. The summed E-state index contributed by atoms with van der Waals surface area (Å²) < 4.78 is 5.10. The molecule has 0 aromatic rings. The van der Waals surface area contributed by atoms with E-state index in [-0.39, 0.29) is 0 Å². The molecular weight excluding hydrogens is 182 g/mol. The summed E-state index contributed by atoms with van der Waals surface area (Å²) in [6, 6.07) is 1.22. The molecule has 3 heteroatoms. The van der Waals surface area contributed by atoms with Crippen molar-refractivity contribution in [2.75, 3.05) is 20.0 Å². The average Bonchev–Trinajstić information content (AvgIpc) is 2.52. The van der Waals surface area contributed by atoms with Crippen molar-refractivity contribution in [3.05, 3.63) is 0 Å². The van der Waals surface area contributed by atoms with E-state index in [4.69, 9.17) is 4.74 Å². The Morgan fingerprint density at radius 2 is 2.31 bits per heavy atom.